The van der Waals surface area contributed by atoms with Crippen molar-refractivity contribution < 1.29 is 23.9 Å². The largest absolute Gasteiger partial charge is 0.493 e. The van der Waals surface area contributed by atoms with E-state index in [-0.39, 0.29) is 24.3 Å². The highest BCUT2D eigenvalue weighted by molar-refractivity contribution is 7.99. The summed E-state index contributed by atoms with van der Waals surface area (Å²) >= 11 is 1.81. The summed E-state index contributed by atoms with van der Waals surface area (Å²) in [6.45, 7) is 1.23. The second-order valence-corrected chi connectivity index (χ2v) is 8.98. The van der Waals surface area contributed by atoms with Crippen molar-refractivity contribution in [2.45, 2.75) is 6.17 Å². The molecule has 0 spiro atoms. The van der Waals surface area contributed by atoms with Crippen molar-refractivity contribution in [2.75, 3.05) is 50.3 Å². The third-order valence-corrected chi connectivity index (χ3v) is 7.10. The van der Waals surface area contributed by atoms with Crippen molar-refractivity contribution in [2.24, 2.45) is 0 Å². The molecule has 0 aromatic heterocycles. The number of carbonyl (C=O) groups excluding carboxylic acids is 3. The van der Waals surface area contributed by atoms with Crippen LogP contribution in [0.4, 0.5) is 5.69 Å². The van der Waals surface area contributed by atoms with E-state index in [0.29, 0.717) is 47.0 Å². The molecule has 3 aliphatic heterocycles. The van der Waals surface area contributed by atoms with E-state index in [0.717, 1.165) is 11.5 Å². The smallest absolute Gasteiger partial charge is 0.264 e. The van der Waals surface area contributed by atoms with Crippen LogP contribution in [0.2, 0.25) is 0 Å². The van der Waals surface area contributed by atoms with Crippen molar-refractivity contribution in [1.82, 2.24) is 9.80 Å². The molecule has 3 amide bonds. The SMILES string of the molecule is COc1ccc2c(c1OC)C(=O)N1c3ccccc3C(=O)N(CC(=O)N3CCSCC3)C21. The second-order valence-electron chi connectivity index (χ2n) is 7.76. The predicted molar refractivity (Wildman–Crippen MR) is 120 cm³/mol. The lowest BCUT2D eigenvalue weighted by molar-refractivity contribution is -0.132. The molecule has 1 unspecified atom stereocenters. The van der Waals surface area contributed by atoms with Crippen molar-refractivity contribution in [3.63, 3.8) is 0 Å². The Morgan fingerprint density at radius 1 is 1.03 bits per heavy atom. The molecular formula is C23H23N3O5S. The fraction of sp³-hybridized carbons (Fsp3) is 0.348. The average Bonchev–Trinajstić information content (AvgIpc) is 3.14. The minimum Gasteiger partial charge on any atom is -0.493 e. The molecule has 1 fully saturated rings. The summed E-state index contributed by atoms with van der Waals surface area (Å²) < 4.78 is 10.9. The minimum absolute atomic E-state index is 0.0972. The standard InChI is InChI=1S/C23H23N3O5S/c1-30-17-8-7-15-19(20(17)31-2)23(29)26-16-6-4-3-5-14(16)22(28)25(21(15)26)13-18(27)24-9-11-32-12-10-24/h3-8,21H,9-13H2,1-2H3. The number of hydrogen-bond acceptors (Lipinski definition) is 6. The van der Waals surface area contributed by atoms with Crippen LogP contribution in [-0.4, -0.2) is 72.9 Å². The van der Waals surface area contributed by atoms with Crippen LogP contribution in [0.3, 0.4) is 0 Å². The van der Waals surface area contributed by atoms with Gasteiger partial charge in [0, 0.05) is 30.2 Å². The van der Waals surface area contributed by atoms with Crippen LogP contribution in [0.1, 0.15) is 32.4 Å². The monoisotopic (exact) mass is 453 g/mol. The van der Waals surface area contributed by atoms with Gasteiger partial charge in [0.15, 0.2) is 11.5 Å². The molecule has 2 aromatic carbocycles. The molecule has 0 N–H and O–H groups in total. The highest BCUT2D eigenvalue weighted by atomic mass is 32.2. The number of amides is 3. The van der Waals surface area contributed by atoms with Gasteiger partial charge in [-0.25, -0.2) is 0 Å². The van der Waals surface area contributed by atoms with Crippen LogP contribution >= 0.6 is 11.8 Å². The van der Waals surface area contributed by atoms with E-state index in [2.05, 4.69) is 0 Å². The van der Waals surface area contributed by atoms with Gasteiger partial charge in [0.25, 0.3) is 11.8 Å². The van der Waals surface area contributed by atoms with Crippen LogP contribution in [0.15, 0.2) is 36.4 Å². The second kappa shape index (κ2) is 8.05. The first kappa shape index (κ1) is 20.7. The number of hydrogen-bond donors (Lipinski definition) is 0. The van der Waals surface area contributed by atoms with Gasteiger partial charge in [-0.05, 0) is 18.2 Å². The Kier molecular flexibility index (Phi) is 5.21. The zero-order valence-corrected chi connectivity index (χ0v) is 18.7. The normalized spacial score (nSPS) is 19.4. The Morgan fingerprint density at radius 3 is 2.50 bits per heavy atom. The lowest BCUT2D eigenvalue weighted by Crippen LogP contribution is -2.52. The maximum atomic E-state index is 13.6. The zero-order chi connectivity index (χ0) is 22.4. The fourth-order valence-corrected chi connectivity index (χ4v) is 5.55. The zero-order valence-electron chi connectivity index (χ0n) is 17.9. The molecule has 9 heteroatoms. The Labute approximate surface area is 190 Å². The number of carbonyl (C=O) groups is 3. The Hall–Kier alpha value is -3.20. The quantitative estimate of drug-likeness (QED) is 0.707. The van der Waals surface area contributed by atoms with Crippen LogP contribution in [0.5, 0.6) is 11.5 Å². The van der Waals surface area contributed by atoms with E-state index in [1.165, 1.54) is 19.1 Å². The Bertz CT molecular complexity index is 1110. The number of thioether (sulfide) groups is 1. The van der Waals surface area contributed by atoms with E-state index in [4.69, 9.17) is 9.47 Å². The molecule has 2 aromatic rings. The molecule has 1 saturated heterocycles. The molecule has 3 heterocycles. The van der Waals surface area contributed by atoms with Gasteiger partial charge in [0.05, 0.1) is 31.0 Å². The number of para-hydroxylation sites is 1. The van der Waals surface area contributed by atoms with Gasteiger partial charge in [-0.1, -0.05) is 18.2 Å². The van der Waals surface area contributed by atoms with E-state index >= 15 is 0 Å². The van der Waals surface area contributed by atoms with Crippen molar-refractivity contribution in [3.8, 4) is 11.5 Å². The topological polar surface area (TPSA) is 79.4 Å². The molecule has 1 atom stereocenters. The fourth-order valence-electron chi connectivity index (χ4n) is 4.64. The summed E-state index contributed by atoms with van der Waals surface area (Å²) in [5.41, 5.74) is 1.91. The lowest BCUT2D eigenvalue weighted by atomic mass is 10.0. The Balaban J connectivity index is 1.62. The van der Waals surface area contributed by atoms with Gasteiger partial charge < -0.3 is 19.3 Å². The minimum atomic E-state index is -0.720. The average molecular weight is 454 g/mol. The maximum absolute atomic E-state index is 13.6. The molecular weight excluding hydrogens is 430 g/mol. The van der Waals surface area contributed by atoms with Crippen LogP contribution in [0.25, 0.3) is 0 Å². The molecule has 3 aliphatic rings. The predicted octanol–water partition coefficient (Wildman–Crippen LogP) is 2.39. The molecule has 0 bridgehead atoms. The number of ether oxygens (including phenoxy) is 2. The summed E-state index contributed by atoms with van der Waals surface area (Å²) in [6.07, 6.45) is -0.720. The number of anilines is 1. The van der Waals surface area contributed by atoms with E-state index < -0.39 is 6.17 Å². The highest BCUT2D eigenvalue weighted by Gasteiger charge is 2.50. The first-order valence-electron chi connectivity index (χ1n) is 10.4. The summed E-state index contributed by atoms with van der Waals surface area (Å²) in [5, 5.41) is 0. The molecule has 0 saturated carbocycles. The third kappa shape index (κ3) is 3.02. The van der Waals surface area contributed by atoms with Gasteiger partial charge in [-0.2, -0.15) is 11.8 Å². The van der Waals surface area contributed by atoms with Gasteiger partial charge in [-0.15, -0.1) is 0 Å². The maximum Gasteiger partial charge on any atom is 0.264 e. The third-order valence-electron chi connectivity index (χ3n) is 6.15. The summed E-state index contributed by atoms with van der Waals surface area (Å²) in [6, 6.07) is 10.5. The number of methoxy groups -OCH3 is 2. The molecule has 32 heavy (non-hydrogen) atoms. The first-order chi connectivity index (χ1) is 15.6. The first-order valence-corrected chi connectivity index (χ1v) is 11.6. The number of rotatable bonds is 4. The lowest BCUT2D eigenvalue weighted by Gasteiger charge is -2.41. The van der Waals surface area contributed by atoms with Gasteiger partial charge in [0.1, 0.15) is 12.7 Å². The number of nitrogens with zero attached hydrogens (tertiary/aromatic N) is 3. The summed E-state index contributed by atoms with van der Waals surface area (Å²) in [4.78, 5) is 45.1. The van der Waals surface area contributed by atoms with Crippen LogP contribution in [-0.2, 0) is 4.79 Å². The van der Waals surface area contributed by atoms with Gasteiger partial charge in [0.2, 0.25) is 5.91 Å². The molecule has 166 valence electrons. The van der Waals surface area contributed by atoms with Crippen LogP contribution < -0.4 is 14.4 Å². The Morgan fingerprint density at radius 2 is 1.78 bits per heavy atom. The molecule has 0 aliphatic carbocycles. The molecule has 0 radical (unpaired) electrons. The van der Waals surface area contributed by atoms with E-state index in [1.807, 2.05) is 11.8 Å². The van der Waals surface area contributed by atoms with Crippen molar-refractivity contribution in [3.05, 3.63) is 53.1 Å². The van der Waals surface area contributed by atoms with Crippen molar-refractivity contribution in [1.29, 1.82) is 0 Å². The number of fused-ring (bicyclic) bond motifs is 5. The molecule has 5 rings (SSSR count). The van der Waals surface area contributed by atoms with Gasteiger partial charge in [-0.3, -0.25) is 19.3 Å². The van der Waals surface area contributed by atoms with Crippen molar-refractivity contribution >= 4 is 35.2 Å². The number of benzene rings is 2. The van der Waals surface area contributed by atoms with Gasteiger partial charge >= 0.3 is 0 Å². The highest BCUT2D eigenvalue weighted by Crippen LogP contribution is 2.49. The summed E-state index contributed by atoms with van der Waals surface area (Å²) in [5.74, 6) is 1.87. The van der Waals surface area contributed by atoms with E-state index in [9.17, 15) is 14.4 Å². The van der Waals surface area contributed by atoms with E-state index in [1.54, 1.807) is 46.2 Å². The molecule has 8 nitrogen and oxygen atoms in total. The summed E-state index contributed by atoms with van der Waals surface area (Å²) in [7, 11) is 3.00. The van der Waals surface area contributed by atoms with Crippen LogP contribution in [0, 0.1) is 0 Å².